The van der Waals surface area contributed by atoms with Gasteiger partial charge in [-0.1, -0.05) is 0 Å². The van der Waals surface area contributed by atoms with Gasteiger partial charge in [0, 0.05) is 12.1 Å². The molecule has 0 unspecified atom stereocenters. The first-order chi connectivity index (χ1) is 7.65. The second-order valence-corrected chi connectivity index (χ2v) is 3.61. The molecule has 4 heteroatoms. The third-order valence-electron chi connectivity index (χ3n) is 2.72. The Balaban J connectivity index is 3.18. The molecule has 0 bridgehead atoms. The maximum Gasteiger partial charge on any atom is 0.126 e. The summed E-state index contributed by atoms with van der Waals surface area (Å²) in [5.41, 5.74) is 3.13. The van der Waals surface area contributed by atoms with Gasteiger partial charge in [-0.15, -0.1) is 0 Å². The average molecular weight is 225 g/mol. The van der Waals surface area contributed by atoms with Crippen molar-refractivity contribution in [3.63, 3.8) is 0 Å². The van der Waals surface area contributed by atoms with Gasteiger partial charge in [0.25, 0.3) is 0 Å². The Hall–Kier alpha value is -1.26. The number of rotatable bonds is 5. The van der Waals surface area contributed by atoms with Gasteiger partial charge in [-0.3, -0.25) is 5.32 Å². The van der Waals surface area contributed by atoms with Gasteiger partial charge in [0.05, 0.1) is 21.0 Å². The van der Waals surface area contributed by atoms with Gasteiger partial charge in [0.2, 0.25) is 0 Å². The predicted octanol–water partition coefficient (Wildman–Crippen LogP) is 1.36. The summed E-state index contributed by atoms with van der Waals surface area (Å²) >= 11 is 0. The number of benzene rings is 1. The van der Waals surface area contributed by atoms with Crippen LogP contribution >= 0.6 is 0 Å². The minimum Gasteiger partial charge on any atom is -0.496 e. The molecule has 0 aliphatic carbocycles. The van der Waals surface area contributed by atoms with E-state index in [2.05, 4.69) is 5.32 Å². The summed E-state index contributed by atoms with van der Waals surface area (Å²) in [5.74, 6) is 1.69. The van der Waals surface area contributed by atoms with E-state index >= 15 is 0 Å². The fourth-order valence-corrected chi connectivity index (χ4v) is 1.75. The maximum atomic E-state index is 8.76. The summed E-state index contributed by atoms with van der Waals surface area (Å²) in [6.45, 7) is 4.49. The fraction of sp³-hybridized carbons (Fsp3) is 0.500. The van der Waals surface area contributed by atoms with Crippen LogP contribution in [0.5, 0.6) is 11.5 Å². The smallest absolute Gasteiger partial charge is 0.126 e. The molecule has 4 nitrogen and oxygen atoms in total. The molecule has 0 saturated heterocycles. The minimum absolute atomic E-state index is 0.0571. The molecule has 0 fully saturated rings. The molecule has 1 aromatic rings. The summed E-state index contributed by atoms with van der Waals surface area (Å²) in [5, 5.41) is 11.6. The van der Waals surface area contributed by atoms with E-state index in [1.807, 2.05) is 19.9 Å². The monoisotopic (exact) mass is 225 g/mol. The lowest BCUT2D eigenvalue weighted by Crippen LogP contribution is -2.15. The van der Waals surface area contributed by atoms with E-state index in [0.29, 0.717) is 6.54 Å². The van der Waals surface area contributed by atoms with E-state index in [1.54, 1.807) is 14.2 Å². The van der Waals surface area contributed by atoms with Crippen LogP contribution < -0.4 is 14.8 Å². The highest BCUT2D eigenvalue weighted by atomic mass is 16.5. The van der Waals surface area contributed by atoms with Crippen LogP contribution in [0.3, 0.4) is 0 Å². The second-order valence-electron chi connectivity index (χ2n) is 3.61. The molecule has 0 saturated carbocycles. The fourth-order valence-electron chi connectivity index (χ4n) is 1.75. The molecule has 1 aromatic carbocycles. The average Bonchev–Trinajstić information content (AvgIpc) is 2.30. The van der Waals surface area contributed by atoms with Crippen LogP contribution in [0.1, 0.15) is 16.7 Å². The van der Waals surface area contributed by atoms with E-state index in [9.17, 15) is 0 Å². The number of ether oxygens (including phenoxy) is 2. The highest BCUT2D eigenvalue weighted by Gasteiger charge is 2.13. The number of aliphatic hydroxyl groups excluding tert-OH is 1. The number of aliphatic hydroxyl groups is 1. The van der Waals surface area contributed by atoms with Crippen molar-refractivity contribution in [1.82, 2.24) is 5.32 Å². The van der Waals surface area contributed by atoms with Crippen molar-refractivity contribution in [1.29, 1.82) is 0 Å². The zero-order chi connectivity index (χ0) is 12.1. The number of hydrogen-bond donors (Lipinski definition) is 2. The Bertz CT molecular complexity index is 364. The highest BCUT2D eigenvalue weighted by Crippen LogP contribution is 2.33. The van der Waals surface area contributed by atoms with E-state index < -0.39 is 0 Å². The van der Waals surface area contributed by atoms with Gasteiger partial charge in [-0.05, 0) is 31.0 Å². The van der Waals surface area contributed by atoms with Gasteiger partial charge in [-0.2, -0.15) is 0 Å². The van der Waals surface area contributed by atoms with Crippen molar-refractivity contribution >= 4 is 0 Å². The van der Waals surface area contributed by atoms with Gasteiger partial charge in [0.15, 0.2) is 0 Å². The summed E-state index contributed by atoms with van der Waals surface area (Å²) in [4.78, 5) is 0. The van der Waals surface area contributed by atoms with Crippen LogP contribution in [-0.2, 0) is 6.54 Å². The first-order valence-corrected chi connectivity index (χ1v) is 5.18. The molecular weight excluding hydrogens is 206 g/mol. The number of hydrogen-bond acceptors (Lipinski definition) is 4. The molecule has 0 spiro atoms. The molecule has 16 heavy (non-hydrogen) atoms. The zero-order valence-electron chi connectivity index (χ0n) is 10.3. The molecular formula is C12H19NO3. The first kappa shape index (κ1) is 12.8. The maximum absolute atomic E-state index is 8.76. The zero-order valence-corrected chi connectivity index (χ0v) is 10.3. The SMILES string of the molecule is COc1cc(CNCO)c(OC)c(C)c1C. The van der Waals surface area contributed by atoms with E-state index in [-0.39, 0.29) is 6.73 Å². The molecule has 90 valence electrons. The normalized spacial score (nSPS) is 10.3. The van der Waals surface area contributed by atoms with Crippen molar-refractivity contribution in [3.8, 4) is 11.5 Å². The second kappa shape index (κ2) is 5.72. The van der Waals surface area contributed by atoms with Gasteiger partial charge in [0.1, 0.15) is 11.5 Å². The largest absolute Gasteiger partial charge is 0.496 e. The van der Waals surface area contributed by atoms with Gasteiger partial charge >= 0.3 is 0 Å². The van der Waals surface area contributed by atoms with Crippen LogP contribution in [0.25, 0.3) is 0 Å². The Morgan fingerprint density at radius 2 is 1.88 bits per heavy atom. The molecule has 1 rings (SSSR count). The number of methoxy groups -OCH3 is 2. The molecule has 0 aromatic heterocycles. The number of nitrogens with one attached hydrogen (secondary N) is 1. The van der Waals surface area contributed by atoms with Crippen LogP contribution in [0, 0.1) is 13.8 Å². The highest BCUT2D eigenvalue weighted by molar-refractivity contribution is 5.52. The van der Waals surface area contributed by atoms with Gasteiger partial charge in [-0.25, -0.2) is 0 Å². The Labute approximate surface area is 96.2 Å². The van der Waals surface area contributed by atoms with Crippen LogP contribution in [0.2, 0.25) is 0 Å². The molecule has 0 aliphatic heterocycles. The molecule has 0 heterocycles. The van der Waals surface area contributed by atoms with Crippen molar-refractivity contribution in [2.75, 3.05) is 21.0 Å². The molecule has 2 N–H and O–H groups in total. The lowest BCUT2D eigenvalue weighted by Gasteiger charge is -2.16. The summed E-state index contributed by atoms with van der Waals surface area (Å²) < 4.78 is 10.7. The van der Waals surface area contributed by atoms with Crippen molar-refractivity contribution in [3.05, 3.63) is 22.8 Å². The quantitative estimate of drug-likeness (QED) is 0.743. The van der Waals surface area contributed by atoms with Gasteiger partial charge < -0.3 is 14.6 Å². The molecule has 0 radical (unpaired) electrons. The summed E-state index contributed by atoms with van der Waals surface area (Å²) in [6, 6.07) is 1.93. The molecule has 0 amide bonds. The Morgan fingerprint density at radius 1 is 1.19 bits per heavy atom. The lowest BCUT2D eigenvalue weighted by atomic mass is 10.0. The van der Waals surface area contributed by atoms with Crippen molar-refractivity contribution < 1.29 is 14.6 Å². The van der Waals surface area contributed by atoms with Crippen LogP contribution in [0.15, 0.2) is 6.07 Å². The minimum atomic E-state index is -0.0571. The van der Waals surface area contributed by atoms with E-state index in [1.165, 1.54) is 0 Å². The Kier molecular flexibility index (Phi) is 4.58. The third-order valence-corrected chi connectivity index (χ3v) is 2.72. The Morgan fingerprint density at radius 3 is 2.38 bits per heavy atom. The summed E-state index contributed by atoms with van der Waals surface area (Å²) in [6.07, 6.45) is 0. The van der Waals surface area contributed by atoms with E-state index in [0.717, 1.165) is 28.2 Å². The topological polar surface area (TPSA) is 50.7 Å². The lowest BCUT2D eigenvalue weighted by molar-refractivity contribution is 0.258. The third kappa shape index (κ3) is 2.46. The molecule has 0 atom stereocenters. The predicted molar refractivity (Wildman–Crippen MR) is 62.9 cm³/mol. The van der Waals surface area contributed by atoms with Crippen LogP contribution in [-0.4, -0.2) is 26.1 Å². The van der Waals surface area contributed by atoms with Crippen LogP contribution in [0.4, 0.5) is 0 Å². The molecule has 0 aliphatic rings. The first-order valence-electron chi connectivity index (χ1n) is 5.18. The van der Waals surface area contributed by atoms with E-state index in [4.69, 9.17) is 14.6 Å². The standard InChI is InChI=1S/C12H19NO3/c1-8-9(2)12(16-4)10(6-13-7-14)5-11(8)15-3/h5,13-14H,6-7H2,1-4H3. The summed E-state index contributed by atoms with van der Waals surface area (Å²) in [7, 11) is 3.30. The van der Waals surface area contributed by atoms with Crippen molar-refractivity contribution in [2.24, 2.45) is 0 Å². The van der Waals surface area contributed by atoms with Crippen molar-refractivity contribution in [2.45, 2.75) is 20.4 Å².